The molecule has 5 atom stereocenters. The van der Waals surface area contributed by atoms with Crippen LogP contribution >= 0.6 is 15.6 Å². The summed E-state index contributed by atoms with van der Waals surface area (Å²) in [6.45, 7) is 4.74. The van der Waals surface area contributed by atoms with Gasteiger partial charge >= 0.3 is 39.5 Å². The molecule has 0 spiro atoms. The zero-order valence-electron chi connectivity index (χ0n) is 63.1. The van der Waals surface area contributed by atoms with Gasteiger partial charge in [0, 0.05) is 25.7 Å². The van der Waals surface area contributed by atoms with Crippen molar-refractivity contribution in [3.8, 4) is 0 Å². The largest absolute Gasteiger partial charge is 0.472 e. The molecule has 578 valence electrons. The molecule has 0 bridgehead atoms. The van der Waals surface area contributed by atoms with Gasteiger partial charge in [-0.2, -0.15) is 0 Å². The van der Waals surface area contributed by atoms with Crippen LogP contribution in [0.5, 0.6) is 0 Å². The van der Waals surface area contributed by atoms with Crippen molar-refractivity contribution in [2.24, 2.45) is 0 Å². The lowest BCUT2D eigenvalue weighted by Crippen LogP contribution is -2.30. The van der Waals surface area contributed by atoms with Crippen LogP contribution in [0.1, 0.15) is 336 Å². The lowest BCUT2D eigenvalue weighted by molar-refractivity contribution is -0.161. The molecule has 0 heterocycles. The normalized spacial score (nSPS) is 14.4. The van der Waals surface area contributed by atoms with Crippen molar-refractivity contribution in [2.75, 3.05) is 39.6 Å². The first-order valence-corrected chi connectivity index (χ1v) is 42.5. The number of aliphatic hydroxyl groups is 1. The molecule has 2 unspecified atom stereocenters. The van der Waals surface area contributed by atoms with Crippen LogP contribution in [0, 0.1) is 0 Å². The molecular formula is C81H142O17P2. The minimum Gasteiger partial charge on any atom is -0.462 e. The summed E-state index contributed by atoms with van der Waals surface area (Å²) in [4.78, 5) is 72.9. The van der Waals surface area contributed by atoms with Crippen LogP contribution in [-0.4, -0.2) is 96.7 Å². The third kappa shape index (κ3) is 72.3. The molecule has 100 heavy (non-hydrogen) atoms. The van der Waals surface area contributed by atoms with E-state index in [4.69, 9.17) is 37.0 Å². The molecule has 0 rings (SSSR count). The maximum Gasteiger partial charge on any atom is 0.472 e. The summed E-state index contributed by atoms with van der Waals surface area (Å²) in [6.07, 6.45) is 76.8. The Labute approximate surface area is 607 Å². The molecule has 0 aromatic carbocycles. The van der Waals surface area contributed by atoms with Crippen LogP contribution in [0.15, 0.2) is 97.2 Å². The fourth-order valence-electron chi connectivity index (χ4n) is 10.5. The lowest BCUT2D eigenvalue weighted by Gasteiger charge is -2.21. The van der Waals surface area contributed by atoms with Crippen molar-refractivity contribution < 1.29 is 80.2 Å². The second-order valence-electron chi connectivity index (χ2n) is 26.4. The highest BCUT2D eigenvalue weighted by Crippen LogP contribution is 2.45. The fraction of sp³-hybridized carbons (Fsp3) is 0.753. The van der Waals surface area contributed by atoms with E-state index in [0.29, 0.717) is 32.1 Å². The highest BCUT2D eigenvalue weighted by Gasteiger charge is 2.30. The van der Waals surface area contributed by atoms with E-state index in [1.165, 1.54) is 128 Å². The van der Waals surface area contributed by atoms with E-state index < -0.39 is 97.5 Å². The fourth-order valence-corrected chi connectivity index (χ4v) is 12.1. The zero-order valence-corrected chi connectivity index (χ0v) is 64.9. The number of phosphoric ester groups is 2. The van der Waals surface area contributed by atoms with Gasteiger partial charge < -0.3 is 33.8 Å². The van der Waals surface area contributed by atoms with Gasteiger partial charge in [0.25, 0.3) is 0 Å². The molecule has 0 aromatic heterocycles. The third-order valence-corrected chi connectivity index (χ3v) is 18.5. The van der Waals surface area contributed by atoms with Crippen molar-refractivity contribution in [3.63, 3.8) is 0 Å². The van der Waals surface area contributed by atoms with Gasteiger partial charge in [0.2, 0.25) is 0 Å². The van der Waals surface area contributed by atoms with E-state index in [2.05, 4.69) is 113 Å². The third-order valence-electron chi connectivity index (χ3n) is 16.6. The monoisotopic (exact) mass is 1450 g/mol. The molecular weight excluding hydrogens is 1310 g/mol. The smallest absolute Gasteiger partial charge is 0.462 e. The van der Waals surface area contributed by atoms with E-state index >= 15 is 0 Å². The van der Waals surface area contributed by atoms with E-state index in [1.807, 2.05) is 12.2 Å². The van der Waals surface area contributed by atoms with Crippen molar-refractivity contribution >= 4 is 39.5 Å². The Kier molecular flexibility index (Phi) is 70.4. The van der Waals surface area contributed by atoms with E-state index in [1.54, 1.807) is 0 Å². The molecule has 17 nitrogen and oxygen atoms in total. The standard InChI is InChI=1S/C81H142O17P2/c1-5-9-13-17-21-25-29-33-36-37-40-44-48-52-56-60-64-68-81(86)98-77(72-92-79(84)66-62-58-54-50-46-42-38-34-30-26-22-18-14-10-6-2)74-96-100(89,90)94-70-75(82)69-93-99(87,88)95-73-76(71-91-78(83)65-61-57-53-49-45-41-32-28-24-20-16-12-8-4)97-80(85)67-63-59-55-51-47-43-39-35-31-27-23-19-15-11-7-3/h21,25-27,30-31,33-36,38-40,44,52,56,75-77,82H,5-20,22-24,28-29,32,37,41-43,45-51,53-55,57-74H2,1-4H3,(H,87,88)(H,89,90)/b25-21-,30-26-,31-27-,36-33-,38-34-,39-35-,44-40-,56-52-/t75-,76+,77+/m0/s1. The predicted octanol–water partition coefficient (Wildman–Crippen LogP) is 22.8. The quantitative estimate of drug-likeness (QED) is 0.0128. The molecule has 0 saturated heterocycles. The number of unbranched alkanes of at least 4 members (excludes halogenated alkanes) is 34. The highest BCUT2D eigenvalue weighted by atomic mass is 31.2. The molecule has 0 aromatic rings. The summed E-state index contributed by atoms with van der Waals surface area (Å²) in [5.41, 5.74) is 0. The lowest BCUT2D eigenvalue weighted by atomic mass is 10.0. The maximum absolute atomic E-state index is 13.1. The molecule has 0 saturated carbocycles. The van der Waals surface area contributed by atoms with Gasteiger partial charge in [-0.05, 0) is 116 Å². The molecule has 3 N–H and O–H groups in total. The minimum absolute atomic E-state index is 0.0156. The van der Waals surface area contributed by atoms with Gasteiger partial charge in [-0.15, -0.1) is 0 Å². The van der Waals surface area contributed by atoms with Gasteiger partial charge in [-0.1, -0.05) is 292 Å². The molecule has 0 aliphatic heterocycles. The summed E-state index contributed by atoms with van der Waals surface area (Å²) in [5, 5.41) is 10.6. The number of allylic oxidation sites excluding steroid dienone is 16. The number of hydrogen-bond acceptors (Lipinski definition) is 15. The van der Waals surface area contributed by atoms with Gasteiger partial charge in [-0.3, -0.25) is 37.3 Å². The first-order valence-electron chi connectivity index (χ1n) is 39.5. The number of hydrogen-bond donors (Lipinski definition) is 3. The van der Waals surface area contributed by atoms with E-state index in [9.17, 15) is 43.2 Å². The molecule has 0 radical (unpaired) electrons. The summed E-state index contributed by atoms with van der Waals surface area (Å²) in [7, 11) is -9.97. The number of rotatable bonds is 74. The topological polar surface area (TPSA) is 237 Å². The summed E-state index contributed by atoms with van der Waals surface area (Å²) in [5.74, 6) is -2.26. The number of carbonyl (C=O) groups is 4. The second-order valence-corrected chi connectivity index (χ2v) is 29.3. The van der Waals surface area contributed by atoms with Gasteiger partial charge in [-0.25, -0.2) is 9.13 Å². The Morgan fingerprint density at radius 1 is 0.290 bits per heavy atom. The van der Waals surface area contributed by atoms with Gasteiger partial charge in [0.15, 0.2) is 12.2 Å². The predicted molar refractivity (Wildman–Crippen MR) is 409 cm³/mol. The number of carbonyl (C=O) groups excluding carboxylic acids is 4. The summed E-state index contributed by atoms with van der Waals surface area (Å²) >= 11 is 0. The first-order chi connectivity index (χ1) is 48.7. The maximum atomic E-state index is 13.1. The molecule has 0 aliphatic carbocycles. The van der Waals surface area contributed by atoms with Crippen molar-refractivity contribution in [1.29, 1.82) is 0 Å². The van der Waals surface area contributed by atoms with Crippen molar-refractivity contribution in [1.82, 2.24) is 0 Å². The first kappa shape index (κ1) is 96.0. The Balaban J connectivity index is 5.42. The second kappa shape index (κ2) is 73.3. The van der Waals surface area contributed by atoms with Crippen LogP contribution in [0.25, 0.3) is 0 Å². The Hall–Kier alpha value is -4.02. The zero-order chi connectivity index (χ0) is 73.2. The molecule has 0 amide bonds. The molecule has 0 aliphatic rings. The highest BCUT2D eigenvalue weighted by molar-refractivity contribution is 7.47. The van der Waals surface area contributed by atoms with Crippen LogP contribution in [-0.2, 0) is 65.4 Å². The van der Waals surface area contributed by atoms with Crippen LogP contribution in [0.4, 0.5) is 0 Å². The van der Waals surface area contributed by atoms with Crippen molar-refractivity contribution in [3.05, 3.63) is 97.2 Å². The number of esters is 4. The Morgan fingerprint density at radius 3 is 0.880 bits per heavy atom. The summed E-state index contributed by atoms with van der Waals surface area (Å²) in [6, 6.07) is 0. The Bertz CT molecular complexity index is 2270. The van der Waals surface area contributed by atoms with Crippen molar-refractivity contribution in [2.45, 2.75) is 354 Å². The van der Waals surface area contributed by atoms with Crippen LogP contribution in [0.3, 0.4) is 0 Å². The molecule has 0 fully saturated rings. The number of ether oxygens (including phenoxy) is 4. The number of phosphoric acid groups is 2. The minimum atomic E-state index is -4.99. The van der Waals surface area contributed by atoms with Gasteiger partial charge in [0.05, 0.1) is 26.4 Å². The SMILES string of the molecule is CCCCC/C=C\C/C=C\C/C=C\C/C=C\CCCC(=O)O[C@H](COC(=O)CCCCCCC/C=C\C=C/CCCCCC)COP(=O)(O)OC[C@@H](O)COP(=O)(O)OC[C@@H](COC(=O)CCCCCCCCCCCCCCC)OC(=O)CCCCCCC/C=C\C=C/CCCCCC. The van der Waals surface area contributed by atoms with E-state index in [0.717, 1.165) is 122 Å². The average molecular weight is 1450 g/mol. The number of aliphatic hydroxyl groups excluding tert-OH is 1. The summed E-state index contributed by atoms with van der Waals surface area (Å²) < 4.78 is 68.5. The van der Waals surface area contributed by atoms with Gasteiger partial charge in [0.1, 0.15) is 19.3 Å². The Morgan fingerprint density at radius 2 is 0.530 bits per heavy atom. The molecule has 19 heteroatoms. The average Bonchev–Trinajstić information content (AvgIpc) is 1.22. The van der Waals surface area contributed by atoms with Crippen LogP contribution in [0.2, 0.25) is 0 Å². The van der Waals surface area contributed by atoms with E-state index in [-0.39, 0.29) is 25.7 Å². The van der Waals surface area contributed by atoms with Crippen LogP contribution < -0.4 is 0 Å².